The van der Waals surface area contributed by atoms with Crippen molar-refractivity contribution in [2.45, 2.75) is 31.8 Å². The van der Waals surface area contributed by atoms with Crippen molar-refractivity contribution in [1.29, 1.82) is 0 Å². The molecule has 134 valence electrons. The first-order valence-corrected chi connectivity index (χ1v) is 10.7. The lowest BCUT2D eigenvalue weighted by atomic mass is 9.85. The van der Waals surface area contributed by atoms with E-state index in [0.717, 1.165) is 59.7 Å². The van der Waals surface area contributed by atoms with E-state index in [1.807, 2.05) is 30.0 Å². The van der Waals surface area contributed by atoms with Crippen LogP contribution in [0.25, 0.3) is 10.2 Å². The summed E-state index contributed by atoms with van der Waals surface area (Å²) >= 11 is 3.45. The standard InChI is InChI=1S/C20H20N2O2S2/c1-13-21-16-3-2-15(12-17(16)26-13)19(23)22-8-6-20(7-9-22)18-14(4-10-24-20)5-11-25-18/h2-3,5,11-12H,4,6-10H2,1H3. The third-order valence-electron chi connectivity index (χ3n) is 5.51. The summed E-state index contributed by atoms with van der Waals surface area (Å²) in [6, 6.07) is 8.08. The molecule has 2 aliphatic heterocycles. The molecular weight excluding hydrogens is 364 g/mol. The fourth-order valence-electron chi connectivity index (χ4n) is 4.15. The summed E-state index contributed by atoms with van der Waals surface area (Å²) < 4.78 is 7.34. The van der Waals surface area contributed by atoms with Gasteiger partial charge in [-0.05, 0) is 61.4 Å². The molecule has 0 bridgehead atoms. The second-order valence-corrected chi connectivity index (χ2v) is 9.23. The van der Waals surface area contributed by atoms with Crippen LogP contribution < -0.4 is 0 Å². The molecule has 4 nitrogen and oxygen atoms in total. The fraction of sp³-hybridized carbons (Fsp3) is 0.400. The molecular formula is C20H20N2O2S2. The molecule has 1 amide bonds. The summed E-state index contributed by atoms with van der Waals surface area (Å²) in [5, 5.41) is 3.20. The average molecular weight is 385 g/mol. The quantitative estimate of drug-likeness (QED) is 0.626. The van der Waals surface area contributed by atoms with Crippen LogP contribution in [0.5, 0.6) is 0 Å². The molecule has 0 radical (unpaired) electrons. The number of fused-ring (bicyclic) bond motifs is 3. The monoisotopic (exact) mass is 384 g/mol. The number of thiazole rings is 1. The average Bonchev–Trinajstić information content (AvgIpc) is 3.27. The second-order valence-electron chi connectivity index (χ2n) is 7.08. The fourth-order valence-corrected chi connectivity index (χ4v) is 6.19. The van der Waals surface area contributed by atoms with Gasteiger partial charge in [-0.25, -0.2) is 4.98 Å². The summed E-state index contributed by atoms with van der Waals surface area (Å²) in [5.41, 5.74) is 3.00. The van der Waals surface area contributed by atoms with Crippen molar-refractivity contribution in [3.05, 3.63) is 50.7 Å². The normalized spacial score (nSPS) is 19.0. The molecule has 1 fully saturated rings. The van der Waals surface area contributed by atoms with Crippen LogP contribution in [0.2, 0.25) is 0 Å². The number of ether oxygens (including phenoxy) is 1. The zero-order valence-electron chi connectivity index (χ0n) is 14.7. The van der Waals surface area contributed by atoms with Crippen molar-refractivity contribution >= 4 is 38.8 Å². The Kier molecular flexibility index (Phi) is 3.88. The van der Waals surface area contributed by atoms with Gasteiger partial charge in [0.05, 0.1) is 21.8 Å². The smallest absolute Gasteiger partial charge is 0.253 e. The van der Waals surface area contributed by atoms with Crippen LogP contribution in [0, 0.1) is 6.92 Å². The molecule has 0 aliphatic carbocycles. The summed E-state index contributed by atoms with van der Waals surface area (Å²) in [5.74, 6) is 0.120. The molecule has 0 N–H and O–H groups in total. The molecule has 0 unspecified atom stereocenters. The van der Waals surface area contributed by atoms with Crippen LogP contribution in [0.1, 0.15) is 38.6 Å². The molecule has 1 aromatic carbocycles. The van der Waals surface area contributed by atoms with E-state index in [0.29, 0.717) is 0 Å². The van der Waals surface area contributed by atoms with Crippen molar-refractivity contribution < 1.29 is 9.53 Å². The maximum absolute atomic E-state index is 13.0. The number of hydrogen-bond donors (Lipinski definition) is 0. The first-order chi connectivity index (χ1) is 12.6. The zero-order chi connectivity index (χ0) is 17.7. The minimum Gasteiger partial charge on any atom is -0.369 e. The maximum atomic E-state index is 13.0. The van der Waals surface area contributed by atoms with Gasteiger partial charge in [0, 0.05) is 23.5 Å². The number of piperidine rings is 1. The maximum Gasteiger partial charge on any atom is 0.253 e. The van der Waals surface area contributed by atoms with Gasteiger partial charge >= 0.3 is 0 Å². The Morgan fingerprint density at radius 2 is 2.12 bits per heavy atom. The van der Waals surface area contributed by atoms with Crippen LogP contribution in [0.3, 0.4) is 0 Å². The third-order valence-corrected chi connectivity index (χ3v) is 7.59. The van der Waals surface area contributed by atoms with E-state index < -0.39 is 0 Å². The van der Waals surface area contributed by atoms with Gasteiger partial charge in [-0.3, -0.25) is 4.79 Å². The predicted octanol–water partition coefficient (Wildman–Crippen LogP) is 4.37. The molecule has 2 aromatic heterocycles. The highest BCUT2D eigenvalue weighted by molar-refractivity contribution is 7.18. The van der Waals surface area contributed by atoms with Crippen molar-refractivity contribution in [2.24, 2.45) is 0 Å². The molecule has 2 aliphatic rings. The van der Waals surface area contributed by atoms with Crippen LogP contribution >= 0.6 is 22.7 Å². The highest BCUT2D eigenvalue weighted by Crippen LogP contribution is 2.44. The Balaban J connectivity index is 1.36. The van der Waals surface area contributed by atoms with Gasteiger partial charge in [0.15, 0.2) is 0 Å². The zero-order valence-corrected chi connectivity index (χ0v) is 16.3. The Morgan fingerprint density at radius 1 is 1.27 bits per heavy atom. The van der Waals surface area contributed by atoms with Gasteiger partial charge in [0.25, 0.3) is 5.91 Å². The van der Waals surface area contributed by atoms with Crippen molar-refractivity contribution in [2.75, 3.05) is 19.7 Å². The lowest BCUT2D eigenvalue weighted by Crippen LogP contribution is -2.47. The number of thiophene rings is 1. The Bertz CT molecular complexity index is 983. The summed E-state index contributed by atoms with van der Waals surface area (Å²) in [6.07, 6.45) is 2.78. The number of hydrogen-bond acceptors (Lipinski definition) is 5. The molecule has 0 saturated carbocycles. The number of rotatable bonds is 1. The van der Waals surface area contributed by atoms with Crippen LogP contribution in [-0.2, 0) is 16.8 Å². The number of nitrogens with zero attached hydrogens (tertiary/aromatic N) is 2. The number of amides is 1. The van der Waals surface area contributed by atoms with Gasteiger partial charge in [0.2, 0.25) is 0 Å². The Morgan fingerprint density at radius 3 is 2.96 bits per heavy atom. The number of benzene rings is 1. The van der Waals surface area contributed by atoms with Gasteiger partial charge in [-0.15, -0.1) is 22.7 Å². The minimum atomic E-state index is -0.169. The van der Waals surface area contributed by atoms with E-state index in [1.165, 1.54) is 10.4 Å². The van der Waals surface area contributed by atoms with E-state index in [-0.39, 0.29) is 11.5 Å². The van der Waals surface area contributed by atoms with Crippen LogP contribution in [0.4, 0.5) is 0 Å². The van der Waals surface area contributed by atoms with Crippen molar-refractivity contribution in [3.63, 3.8) is 0 Å². The first-order valence-electron chi connectivity index (χ1n) is 9.02. The molecule has 3 aromatic rings. The molecule has 1 saturated heterocycles. The number of aryl methyl sites for hydroxylation is 1. The lowest BCUT2D eigenvalue weighted by molar-refractivity contribution is -0.0906. The summed E-state index contributed by atoms with van der Waals surface area (Å²) in [7, 11) is 0. The number of carbonyl (C=O) groups excluding carboxylic acids is 1. The van der Waals surface area contributed by atoms with E-state index in [9.17, 15) is 4.79 Å². The van der Waals surface area contributed by atoms with Crippen molar-refractivity contribution in [3.8, 4) is 0 Å². The number of carbonyl (C=O) groups is 1. The van der Waals surface area contributed by atoms with E-state index in [2.05, 4.69) is 16.4 Å². The third kappa shape index (κ3) is 2.59. The molecule has 0 atom stereocenters. The molecule has 4 heterocycles. The van der Waals surface area contributed by atoms with Gasteiger partial charge in [-0.1, -0.05) is 0 Å². The highest BCUT2D eigenvalue weighted by Gasteiger charge is 2.42. The summed E-state index contributed by atoms with van der Waals surface area (Å²) in [4.78, 5) is 20.8. The van der Waals surface area contributed by atoms with Crippen LogP contribution in [0.15, 0.2) is 29.6 Å². The van der Waals surface area contributed by atoms with Gasteiger partial charge < -0.3 is 9.64 Å². The Hall–Kier alpha value is -1.76. The van der Waals surface area contributed by atoms with Crippen LogP contribution in [-0.4, -0.2) is 35.5 Å². The second kappa shape index (κ2) is 6.15. The van der Waals surface area contributed by atoms with E-state index in [1.54, 1.807) is 22.7 Å². The topological polar surface area (TPSA) is 42.4 Å². The molecule has 6 heteroatoms. The minimum absolute atomic E-state index is 0.120. The van der Waals surface area contributed by atoms with Gasteiger partial charge in [0.1, 0.15) is 5.60 Å². The highest BCUT2D eigenvalue weighted by atomic mass is 32.1. The molecule has 5 rings (SSSR count). The largest absolute Gasteiger partial charge is 0.369 e. The molecule has 1 spiro atoms. The number of likely N-dealkylation sites (tertiary alicyclic amines) is 1. The molecule has 26 heavy (non-hydrogen) atoms. The SMILES string of the molecule is Cc1nc2ccc(C(=O)N3CCC4(CC3)OCCc3ccsc34)cc2s1. The first kappa shape index (κ1) is 16.4. The Labute approximate surface area is 160 Å². The summed E-state index contributed by atoms with van der Waals surface area (Å²) in [6.45, 7) is 4.28. The van der Waals surface area contributed by atoms with Gasteiger partial charge in [-0.2, -0.15) is 0 Å². The van der Waals surface area contributed by atoms with E-state index >= 15 is 0 Å². The van der Waals surface area contributed by atoms with E-state index in [4.69, 9.17) is 4.74 Å². The number of aromatic nitrogens is 1. The predicted molar refractivity (Wildman–Crippen MR) is 105 cm³/mol. The van der Waals surface area contributed by atoms with Crippen molar-refractivity contribution in [1.82, 2.24) is 9.88 Å². The lowest BCUT2D eigenvalue weighted by Gasteiger charge is -2.43.